The van der Waals surface area contributed by atoms with Gasteiger partial charge in [0.25, 0.3) is 0 Å². The molecule has 5 heteroatoms. The predicted octanol–water partition coefficient (Wildman–Crippen LogP) is 1.52. The Kier molecular flexibility index (Phi) is 2.07. The zero-order valence-electron chi connectivity index (χ0n) is 8.31. The minimum absolute atomic E-state index is 0.380. The van der Waals surface area contributed by atoms with Gasteiger partial charge >= 0.3 is 11.8 Å². The van der Waals surface area contributed by atoms with Gasteiger partial charge in [-0.1, -0.05) is 6.07 Å². The average molecular weight is 207 g/mol. The van der Waals surface area contributed by atoms with Gasteiger partial charge in [0.2, 0.25) is 0 Å². The third-order valence-corrected chi connectivity index (χ3v) is 2.09. The Labute approximate surface area is 84.9 Å². The molecule has 15 heavy (non-hydrogen) atoms. The maximum Gasteiger partial charge on any atom is 0.429 e. The first kappa shape index (κ1) is 9.51. The van der Waals surface area contributed by atoms with E-state index in [0.29, 0.717) is 11.1 Å². The highest BCUT2D eigenvalue weighted by molar-refractivity contribution is 5.85. The largest absolute Gasteiger partial charge is 0.452 e. The van der Waals surface area contributed by atoms with Gasteiger partial charge in [0, 0.05) is 0 Å². The number of aryl methyl sites for hydroxylation is 1. The van der Waals surface area contributed by atoms with Gasteiger partial charge in [-0.15, -0.1) is 0 Å². The molecule has 0 saturated heterocycles. The van der Waals surface area contributed by atoms with Crippen LogP contribution in [0.3, 0.4) is 0 Å². The zero-order valence-corrected chi connectivity index (χ0v) is 8.31. The van der Waals surface area contributed by atoms with Crippen molar-refractivity contribution in [3.63, 3.8) is 0 Å². The number of oxazole rings is 1. The first-order chi connectivity index (χ1) is 7.13. The summed E-state index contributed by atoms with van der Waals surface area (Å²) >= 11 is 0. The number of ether oxygens (including phenoxy) is 1. The SMILES string of the molecule is COC(=O)n1c(=O)oc2cc(C)ccc21. The molecule has 1 aromatic heterocycles. The summed E-state index contributed by atoms with van der Waals surface area (Å²) in [4.78, 5) is 22.6. The molecule has 2 rings (SSSR count). The van der Waals surface area contributed by atoms with Crippen LogP contribution in [0.2, 0.25) is 0 Å². The van der Waals surface area contributed by atoms with E-state index < -0.39 is 11.8 Å². The maximum absolute atomic E-state index is 11.3. The first-order valence-corrected chi connectivity index (χ1v) is 4.34. The van der Waals surface area contributed by atoms with Crippen molar-refractivity contribution in [2.24, 2.45) is 0 Å². The molecule has 78 valence electrons. The van der Waals surface area contributed by atoms with E-state index in [4.69, 9.17) is 4.42 Å². The Morgan fingerprint density at radius 2 is 2.20 bits per heavy atom. The molecule has 0 saturated carbocycles. The van der Waals surface area contributed by atoms with Crippen LogP contribution >= 0.6 is 0 Å². The number of rotatable bonds is 0. The second-order valence-corrected chi connectivity index (χ2v) is 3.14. The summed E-state index contributed by atoms with van der Waals surface area (Å²) < 4.78 is 10.2. The summed E-state index contributed by atoms with van der Waals surface area (Å²) in [7, 11) is 1.21. The van der Waals surface area contributed by atoms with E-state index in [1.165, 1.54) is 7.11 Å². The van der Waals surface area contributed by atoms with Crippen molar-refractivity contribution in [3.05, 3.63) is 34.3 Å². The molecule has 0 fully saturated rings. The van der Waals surface area contributed by atoms with Crippen molar-refractivity contribution >= 4 is 17.2 Å². The number of hydrogen-bond donors (Lipinski definition) is 0. The molecule has 0 bridgehead atoms. The van der Waals surface area contributed by atoms with E-state index >= 15 is 0 Å². The molecule has 0 N–H and O–H groups in total. The summed E-state index contributed by atoms with van der Waals surface area (Å²) in [5.41, 5.74) is 1.75. The van der Waals surface area contributed by atoms with Crippen molar-refractivity contribution in [1.29, 1.82) is 0 Å². The third-order valence-electron chi connectivity index (χ3n) is 2.09. The minimum atomic E-state index is -0.748. The number of fused-ring (bicyclic) bond motifs is 1. The Morgan fingerprint density at radius 1 is 1.47 bits per heavy atom. The predicted molar refractivity (Wildman–Crippen MR) is 53.0 cm³/mol. The van der Waals surface area contributed by atoms with E-state index in [-0.39, 0.29) is 0 Å². The zero-order chi connectivity index (χ0) is 11.0. The van der Waals surface area contributed by atoms with Crippen molar-refractivity contribution < 1.29 is 13.9 Å². The van der Waals surface area contributed by atoms with Crippen LogP contribution < -0.4 is 5.76 Å². The lowest BCUT2D eigenvalue weighted by Crippen LogP contribution is -2.22. The lowest BCUT2D eigenvalue weighted by Gasteiger charge is -1.97. The van der Waals surface area contributed by atoms with Crippen molar-refractivity contribution in [2.45, 2.75) is 6.92 Å². The molecular formula is C10H9NO4. The number of benzene rings is 1. The van der Waals surface area contributed by atoms with Gasteiger partial charge in [0.05, 0.1) is 7.11 Å². The van der Waals surface area contributed by atoms with Crippen LogP contribution in [0.1, 0.15) is 5.56 Å². The van der Waals surface area contributed by atoms with Crippen LogP contribution in [0.4, 0.5) is 4.79 Å². The topological polar surface area (TPSA) is 61.4 Å². The normalized spacial score (nSPS) is 10.5. The molecule has 0 spiro atoms. The highest BCUT2D eigenvalue weighted by atomic mass is 16.5. The van der Waals surface area contributed by atoms with Crippen LogP contribution in [0.5, 0.6) is 0 Å². The average Bonchev–Trinajstić information content (AvgIpc) is 2.52. The lowest BCUT2D eigenvalue weighted by atomic mass is 10.2. The van der Waals surface area contributed by atoms with Crippen molar-refractivity contribution in [2.75, 3.05) is 7.11 Å². The molecule has 0 amide bonds. The van der Waals surface area contributed by atoms with Gasteiger partial charge in [-0.2, -0.15) is 4.57 Å². The standard InChI is InChI=1S/C10H9NO4/c1-6-3-4-7-8(5-6)15-10(13)11(7)9(12)14-2/h3-5H,1-2H3. The summed E-state index contributed by atoms with van der Waals surface area (Å²) in [6.07, 6.45) is -0.748. The van der Waals surface area contributed by atoms with Crippen molar-refractivity contribution in [3.8, 4) is 0 Å². The van der Waals surface area contributed by atoms with E-state index in [2.05, 4.69) is 4.74 Å². The molecule has 0 aliphatic carbocycles. The van der Waals surface area contributed by atoms with Gasteiger partial charge in [-0.3, -0.25) is 0 Å². The number of nitrogens with zero attached hydrogens (tertiary/aromatic N) is 1. The quantitative estimate of drug-likeness (QED) is 0.657. The monoisotopic (exact) mass is 207 g/mol. The van der Waals surface area contributed by atoms with Crippen LogP contribution in [0.15, 0.2) is 27.4 Å². The van der Waals surface area contributed by atoms with Gasteiger partial charge in [0.15, 0.2) is 5.58 Å². The first-order valence-electron chi connectivity index (χ1n) is 4.34. The summed E-state index contributed by atoms with van der Waals surface area (Å²) in [5.74, 6) is -0.734. The van der Waals surface area contributed by atoms with E-state index in [9.17, 15) is 9.59 Å². The molecule has 0 radical (unpaired) electrons. The van der Waals surface area contributed by atoms with Gasteiger partial charge in [0.1, 0.15) is 5.52 Å². The summed E-state index contributed by atoms with van der Waals surface area (Å²) in [6, 6.07) is 5.12. The molecule has 1 aromatic carbocycles. The molecule has 0 unspecified atom stereocenters. The highest BCUT2D eigenvalue weighted by Crippen LogP contribution is 2.14. The fourth-order valence-corrected chi connectivity index (χ4v) is 1.39. The molecule has 0 aliphatic heterocycles. The lowest BCUT2D eigenvalue weighted by molar-refractivity contribution is 0.171. The van der Waals surface area contributed by atoms with Gasteiger partial charge in [-0.25, -0.2) is 9.59 Å². The van der Waals surface area contributed by atoms with Crippen LogP contribution in [0.25, 0.3) is 11.1 Å². The minimum Gasteiger partial charge on any atom is -0.452 e. The Hall–Kier alpha value is -2.04. The smallest absolute Gasteiger partial charge is 0.429 e. The Morgan fingerprint density at radius 3 is 2.87 bits per heavy atom. The van der Waals surface area contributed by atoms with Crippen LogP contribution in [0, 0.1) is 6.92 Å². The summed E-state index contributed by atoms with van der Waals surface area (Å²) in [5, 5.41) is 0. The second-order valence-electron chi connectivity index (χ2n) is 3.14. The molecule has 0 aliphatic rings. The van der Waals surface area contributed by atoms with E-state index in [1.807, 2.05) is 6.92 Å². The fraction of sp³-hybridized carbons (Fsp3) is 0.200. The number of carbonyl (C=O) groups excluding carboxylic acids is 1. The molecule has 0 atom stereocenters. The van der Waals surface area contributed by atoms with Crippen LogP contribution in [-0.2, 0) is 4.74 Å². The Bertz CT molecular complexity index is 579. The molecular weight excluding hydrogens is 198 g/mol. The Balaban J connectivity index is 2.80. The number of carbonyl (C=O) groups is 1. The third kappa shape index (κ3) is 1.41. The molecule has 2 aromatic rings. The van der Waals surface area contributed by atoms with Crippen molar-refractivity contribution in [1.82, 2.24) is 4.57 Å². The molecule has 1 heterocycles. The van der Waals surface area contributed by atoms with Crippen LogP contribution in [-0.4, -0.2) is 17.8 Å². The van der Waals surface area contributed by atoms with Gasteiger partial charge < -0.3 is 9.15 Å². The highest BCUT2D eigenvalue weighted by Gasteiger charge is 2.15. The summed E-state index contributed by atoms with van der Waals surface area (Å²) in [6.45, 7) is 1.87. The van der Waals surface area contributed by atoms with E-state index in [1.54, 1.807) is 18.2 Å². The maximum atomic E-state index is 11.3. The van der Waals surface area contributed by atoms with Gasteiger partial charge in [-0.05, 0) is 24.6 Å². The molecule has 5 nitrogen and oxygen atoms in total. The number of methoxy groups -OCH3 is 1. The number of aromatic nitrogens is 1. The fourth-order valence-electron chi connectivity index (χ4n) is 1.39. The number of hydrogen-bond acceptors (Lipinski definition) is 4. The van der Waals surface area contributed by atoms with E-state index in [0.717, 1.165) is 10.1 Å². The second kappa shape index (κ2) is 3.27.